The van der Waals surface area contributed by atoms with E-state index in [9.17, 15) is 9.59 Å². The fourth-order valence-electron chi connectivity index (χ4n) is 8.44. The molecule has 4 aliphatic rings. The molecule has 1 saturated carbocycles. The lowest BCUT2D eigenvalue weighted by Gasteiger charge is -2.52. The number of aryl methyl sites for hydroxylation is 3. The summed E-state index contributed by atoms with van der Waals surface area (Å²) in [6, 6.07) is 0.455. The van der Waals surface area contributed by atoms with Crippen LogP contribution in [0, 0.1) is 32.6 Å². The number of thiazole rings is 1. The zero-order valence-corrected chi connectivity index (χ0v) is 28.7. The van der Waals surface area contributed by atoms with Crippen molar-refractivity contribution >= 4 is 23.3 Å². The molecule has 2 aromatic heterocycles. The molecule has 5 heterocycles. The van der Waals surface area contributed by atoms with E-state index in [4.69, 9.17) is 4.74 Å². The first-order valence-corrected chi connectivity index (χ1v) is 18.4. The summed E-state index contributed by atoms with van der Waals surface area (Å²) in [5.41, 5.74) is 2.50. The van der Waals surface area contributed by atoms with Gasteiger partial charge in [0.2, 0.25) is 0 Å². The Morgan fingerprint density at radius 2 is 1.67 bits per heavy atom. The molecular formula is C35H52N6O3S. The van der Waals surface area contributed by atoms with Gasteiger partial charge in [-0.05, 0) is 58.8 Å². The fraction of sp³-hybridized carbons (Fsp3) is 0.743. The van der Waals surface area contributed by atoms with Crippen molar-refractivity contribution in [1.82, 2.24) is 29.7 Å². The third kappa shape index (κ3) is 7.07. The van der Waals surface area contributed by atoms with Gasteiger partial charge in [-0.3, -0.25) is 9.69 Å². The number of carbonyl (C=O) groups excluding carboxylic acids is 2. The van der Waals surface area contributed by atoms with Crippen molar-refractivity contribution in [3.63, 3.8) is 0 Å². The van der Waals surface area contributed by atoms with E-state index in [0.717, 1.165) is 82.1 Å². The van der Waals surface area contributed by atoms with Gasteiger partial charge in [0.05, 0.1) is 22.0 Å². The summed E-state index contributed by atoms with van der Waals surface area (Å²) in [4.78, 5) is 47.5. The van der Waals surface area contributed by atoms with Crippen LogP contribution in [0.2, 0.25) is 0 Å². The van der Waals surface area contributed by atoms with Gasteiger partial charge in [0.1, 0.15) is 11.3 Å². The average molecular weight is 637 g/mol. The summed E-state index contributed by atoms with van der Waals surface area (Å²) in [5, 5.41) is 2.94. The predicted molar refractivity (Wildman–Crippen MR) is 177 cm³/mol. The number of rotatable bonds is 8. The zero-order chi connectivity index (χ0) is 31.6. The van der Waals surface area contributed by atoms with Crippen LogP contribution in [0.5, 0.6) is 0 Å². The van der Waals surface area contributed by atoms with Crippen molar-refractivity contribution in [3.05, 3.63) is 27.3 Å². The minimum atomic E-state index is -0.319. The molecule has 1 aliphatic carbocycles. The van der Waals surface area contributed by atoms with Crippen molar-refractivity contribution in [2.45, 2.75) is 116 Å². The zero-order valence-electron chi connectivity index (χ0n) is 27.9. The van der Waals surface area contributed by atoms with E-state index in [1.807, 2.05) is 31.1 Å². The van der Waals surface area contributed by atoms with Gasteiger partial charge in [0.25, 0.3) is 5.91 Å². The maximum atomic E-state index is 13.7. The smallest absolute Gasteiger partial charge is 0.410 e. The van der Waals surface area contributed by atoms with Crippen LogP contribution in [0.15, 0.2) is 5.38 Å². The maximum absolute atomic E-state index is 13.7. The van der Waals surface area contributed by atoms with Crippen LogP contribution in [0.1, 0.15) is 111 Å². The van der Waals surface area contributed by atoms with Crippen molar-refractivity contribution in [2.24, 2.45) is 11.8 Å². The Labute approximate surface area is 273 Å². The molecule has 1 atom stereocenters. The number of nitrogens with zero attached hydrogens (tertiary/aromatic N) is 6. The molecule has 246 valence electrons. The first-order chi connectivity index (χ1) is 21.8. The highest BCUT2D eigenvalue weighted by molar-refractivity contribution is 7.09. The molecule has 3 saturated heterocycles. The molecule has 1 spiro atoms. The second kappa shape index (κ2) is 14.0. The summed E-state index contributed by atoms with van der Waals surface area (Å²) in [6.45, 7) is 13.2. The van der Waals surface area contributed by atoms with Crippen LogP contribution in [0.4, 0.5) is 4.79 Å². The molecule has 0 N–H and O–H groups in total. The van der Waals surface area contributed by atoms with Crippen LogP contribution >= 0.6 is 11.3 Å². The number of carbonyl (C=O) groups is 2. The number of aromatic nitrogens is 3. The topological polar surface area (TPSA) is 91.8 Å². The van der Waals surface area contributed by atoms with E-state index >= 15 is 0 Å². The Balaban J connectivity index is 1.04. The molecule has 45 heavy (non-hydrogen) atoms. The number of likely N-dealkylation sites (tertiary alicyclic amines) is 2. The first kappa shape index (κ1) is 32.4. The highest BCUT2D eigenvalue weighted by Gasteiger charge is 2.50. The van der Waals surface area contributed by atoms with E-state index in [-0.39, 0.29) is 17.6 Å². The SMILES string of the molecule is CCCCC1CN(CC2CCCCC2)C(=O)OC12CCN(C1CCN(C(=O)c3c(C)nc(-c4csc(C)n4)nc3C)CC1)CC2. The lowest BCUT2D eigenvalue weighted by molar-refractivity contribution is -0.127. The van der Waals surface area contributed by atoms with Gasteiger partial charge in [0, 0.05) is 69.4 Å². The third-order valence-electron chi connectivity index (χ3n) is 11.1. The van der Waals surface area contributed by atoms with Gasteiger partial charge >= 0.3 is 6.09 Å². The highest BCUT2D eigenvalue weighted by Crippen LogP contribution is 2.42. The van der Waals surface area contributed by atoms with Gasteiger partial charge in [-0.15, -0.1) is 11.3 Å². The van der Waals surface area contributed by atoms with Crippen molar-refractivity contribution in [3.8, 4) is 11.5 Å². The second-order valence-electron chi connectivity index (χ2n) is 14.1. The minimum absolute atomic E-state index is 0.0349. The Kier molecular flexibility index (Phi) is 10.1. The van der Waals surface area contributed by atoms with E-state index in [1.54, 1.807) is 11.3 Å². The number of amides is 2. The summed E-state index contributed by atoms with van der Waals surface area (Å²) in [5.74, 6) is 1.68. The monoisotopic (exact) mass is 636 g/mol. The van der Waals surface area contributed by atoms with Gasteiger partial charge < -0.3 is 14.5 Å². The Morgan fingerprint density at radius 3 is 2.29 bits per heavy atom. The minimum Gasteiger partial charge on any atom is -0.442 e. The standard InChI is InChI=1S/C35H52N6O3S/c1-5-6-12-28-22-41(21-27-10-8-7-9-11-27)34(43)44-35(28)15-19-39(20-16-35)29-13-17-40(18-14-29)33(42)31-24(2)36-32(37-25(31)3)30-23-45-26(4)38-30/h23,27-29H,5-22H2,1-4H3. The van der Waals surface area contributed by atoms with Crippen molar-refractivity contribution < 1.29 is 14.3 Å². The van der Waals surface area contributed by atoms with E-state index < -0.39 is 0 Å². The summed E-state index contributed by atoms with van der Waals surface area (Å²) < 4.78 is 6.46. The normalized spacial score (nSPS) is 23.5. The maximum Gasteiger partial charge on any atom is 0.410 e. The van der Waals surface area contributed by atoms with Crippen LogP contribution in [0.25, 0.3) is 11.5 Å². The number of ether oxygens (including phenoxy) is 1. The third-order valence-corrected chi connectivity index (χ3v) is 11.9. The molecule has 0 radical (unpaired) electrons. The molecule has 3 aliphatic heterocycles. The van der Waals surface area contributed by atoms with Gasteiger partial charge in [0.15, 0.2) is 5.82 Å². The molecule has 2 aromatic rings. The molecule has 10 heteroatoms. The van der Waals surface area contributed by atoms with E-state index in [1.165, 1.54) is 44.9 Å². The molecule has 0 aromatic carbocycles. The van der Waals surface area contributed by atoms with E-state index in [0.29, 0.717) is 40.7 Å². The molecule has 2 amide bonds. The lowest BCUT2D eigenvalue weighted by atomic mass is 9.75. The van der Waals surface area contributed by atoms with Crippen LogP contribution in [-0.2, 0) is 4.74 Å². The second-order valence-corrected chi connectivity index (χ2v) is 15.1. The van der Waals surface area contributed by atoms with Gasteiger partial charge in [-0.2, -0.15) is 0 Å². The molecule has 0 bridgehead atoms. The summed E-state index contributed by atoms with van der Waals surface area (Å²) in [7, 11) is 0. The molecule has 6 rings (SSSR count). The molecular weight excluding hydrogens is 584 g/mol. The van der Waals surface area contributed by atoms with Crippen molar-refractivity contribution in [1.29, 1.82) is 0 Å². The molecule has 4 fully saturated rings. The number of piperidine rings is 2. The van der Waals surface area contributed by atoms with Gasteiger partial charge in [-0.25, -0.2) is 19.7 Å². The number of unbranched alkanes of at least 4 members (excludes halogenated alkanes) is 1. The van der Waals surface area contributed by atoms with Crippen LogP contribution in [-0.4, -0.2) is 92.6 Å². The van der Waals surface area contributed by atoms with Crippen LogP contribution in [0.3, 0.4) is 0 Å². The average Bonchev–Trinajstić information content (AvgIpc) is 3.48. The summed E-state index contributed by atoms with van der Waals surface area (Å²) in [6.07, 6.45) is 13.6. The Bertz CT molecular complexity index is 1320. The van der Waals surface area contributed by atoms with Gasteiger partial charge in [-0.1, -0.05) is 39.0 Å². The first-order valence-electron chi connectivity index (χ1n) is 17.6. The largest absolute Gasteiger partial charge is 0.442 e. The fourth-order valence-corrected chi connectivity index (χ4v) is 9.03. The Morgan fingerprint density at radius 1 is 0.978 bits per heavy atom. The summed E-state index contributed by atoms with van der Waals surface area (Å²) >= 11 is 1.58. The molecule has 1 unspecified atom stereocenters. The van der Waals surface area contributed by atoms with Crippen molar-refractivity contribution in [2.75, 3.05) is 39.3 Å². The highest BCUT2D eigenvalue weighted by atomic mass is 32.1. The Hall–Kier alpha value is -2.59. The number of hydrogen-bond acceptors (Lipinski definition) is 8. The van der Waals surface area contributed by atoms with Crippen LogP contribution < -0.4 is 0 Å². The predicted octanol–water partition coefficient (Wildman–Crippen LogP) is 6.80. The number of hydrogen-bond donors (Lipinski definition) is 0. The quantitative estimate of drug-likeness (QED) is 0.315. The van der Waals surface area contributed by atoms with E-state index in [2.05, 4.69) is 31.7 Å². The lowest BCUT2D eigenvalue weighted by Crippen LogP contribution is -2.61. The molecule has 9 nitrogen and oxygen atoms in total.